The van der Waals surface area contributed by atoms with Gasteiger partial charge in [0.15, 0.2) is 0 Å². The van der Waals surface area contributed by atoms with Crippen LogP contribution in [0.2, 0.25) is 0 Å². The first kappa shape index (κ1) is 12.0. The number of aromatic carboxylic acids is 1. The van der Waals surface area contributed by atoms with Crippen LogP contribution in [0.3, 0.4) is 0 Å². The van der Waals surface area contributed by atoms with Crippen molar-refractivity contribution in [1.29, 1.82) is 0 Å². The molecule has 0 bridgehead atoms. The van der Waals surface area contributed by atoms with E-state index in [-0.39, 0.29) is 40.9 Å². The number of carboxylic acids is 1. The number of fused-ring (bicyclic) bond motifs is 1. The molecule has 0 aliphatic carbocycles. The average molecular weight is 212 g/mol. The molecule has 0 saturated heterocycles. The number of carboxylic acid groups (broad SMARTS) is 1. The predicted octanol–water partition coefficient (Wildman–Crippen LogP) is 1.60. The molecule has 2 aromatic rings. The molecule has 0 amide bonds. The molecular weight excluding hydrogens is 203 g/mol. The SMILES string of the molecule is O=C(O)c1cccc2cccc(O)c12.[NaH]. The van der Waals surface area contributed by atoms with E-state index in [0.717, 1.165) is 5.39 Å². The monoisotopic (exact) mass is 212 g/mol. The summed E-state index contributed by atoms with van der Waals surface area (Å²) < 4.78 is 0. The van der Waals surface area contributed by atoms with E-state index in [4.69, 9.17) is 5.11 Å². The van der Waals surface area contributed by atoms with E-state index >= 15 is 0 Å². The Morgan fingerprint density at radius 3 is 2.27 bits per heavy atom. The van der Waals surface area contributed by atoms with Crippen LogP contribution in [0.1, 0.15) is 10.4 Å². The number of benzene rings is 2. The molecule has 0 aliphatic heterocycles. The number of phenols is 1. The fourth-order valence-electron chi connectivity index (χ4n) is 1.50. The average Bonchev–Trinajstić information content (AvgIpc) is 2.17. The zero-order valence-electron chi connectivity index (χ0n) is 7.27. The van der Waals surface area contributed by atoms with Crippen molar-refractivity contribution in [1.82, 2.24) is 0 Å². The Hall–Kier alpha value is -1.03. The summed E-state index contributed by atoms with van der Waals surface area (Å²) in [7, 11) is 0. The van der Waals surface area contributed by atoms with Crippen LogP contribution >= 0.6 is 0 Å². The molecule has 2 aromatic carbocycles. The fraction of sp³-hybridized carbons (Fsp3) is 0. The Labute approximate surface area is 109 Å². The molecule has 0 aromatic heterocycles. The predicted molar refractivity (Wildman–Crippen MR) is 59.7 cm³/mol. The van der Waals surface area contributed by atoms with Crippen molar-refractivity contribution >= 4 is 46.3 Å². The molecule has 0 radical (unpaired) electrons. The van der Waals surface area contributed by atoms with Crippen LogP contribution < -0.4 is 0 Å². The van der Waals surface area contributed by atoms with Crippen LogP contribution in [0.5, 0.6) is 5.75 Å². The van der Waals surface area contributed by atoms with Crippen LogP contribution in [0, 0.1) is 0 Å². The molecule has 2 rings (SSSR count). The van der Waals surface area contributed by atoms with Crippen molar-refractivity contribution in [3.05, 3.63) is 42.0 Å². The van der Waals surface area contributed by atoms with Gasteiger partial charge in [-0.25, -0.2) is 4.79 Å². The first-order valence-electron chi connectivity index (χ1n) is 4.14. The standard InChI is InChI=1S/C11H8O3.Na.H/c12-9-6-2-4-7-3-1-5-8(10(7)9)11(13)14;;/h1-6,12H,(H,13,14);;. The minimum absolute atomic E-state index is 0. The van der Waals surface area contributed by atoms with E-state index in [1.165, 1.54) is 12.1 Å². The molecular formula is C11H9NaO3. The summed E-state index contributed by atoms with van der Waals surface area (Å²) in [6.07, 6.45) is 0. The first-order chi connectivity index (χ1) is 6.70. The van der Waals surface area contributed by atoms with E-state index in [0.29, 0.717) is 5.39 Å². The molecule has 0 aliphatic rings. The Morgan fingerprint density at radius 1 is 1.07 bits per heavy atom. The van der Waals surface area contributed by atoms with E-state index in [1.807, 2.05) is 0 Å². The molecule has 2 N–H and O–H groups in total. The number of phenolic OH excluding ortho intramolecular Hbond substituents is 1. The van der Waals surface area contributed by atoms with Crippen LogP contribution in [0.25, 0.3) is 10.8 Å². The molecule has 3 nitrogen and oxygen atoms in total. The van der Waals surface area contributed by atoms with Crippen LogP contribution in [0.15, 0.2) is 36.4 Å². The van der Waals surface area contributed by atoms with Crippen molar-refractivity contribution in [3.8, 4) is 5.75 Å². The second kappa shape index (κ2) is 4.66. The summed E-state index contributed by atoms with van der Waals surface area (Å²) in [6, 6.07) is 9.83. The van der Waals surface area contributed by atoms with Gasteiger partial charge in [0.1, 0.15) is 5.75 Å². The summed E-state index contributed by atoms with van der Waals surface area (Å²) in [5.74, 6) is -1.03. The fourth-order valence-corrected chi connectivity index (χ4v) is 1.50. The van der Waals surface area contributed by atoms with Gasteiger partial charge in [0.25, 0.3) is 0 Å². The molecule has 0 saturated carbocycles. The molecule has 0 heterocycles. The van der Waals surface area contributed by atoms with Crippen molar-refractivity contribution in [2.24, 2.45) is 0 Å². The third-order valence-electron chi connectivity index (χ3n) is 2.11. The summed E-state index contributed by atoms with van der Waals surface area (Å²) >= 11 is 0. The first-order valence-corrected chi connectivity index (χ1v) is 4.14. The van der Waals surface area contributed by atoms with Crippen molar-refractivity contribution in [2.45, 2.75) is 0 Å². The molecule has 0 fully saturated rings. The van der Waals surface area contributed by atoms with Crippen molar-refractivity contribution < 1.29 is 15.0 Å². The summed E-state index contributed by atoms with van der Waals surface area (Å²) in [6.45, 7) is 0. The second-order valence-corrected chi connectivity index (χ2v) is 2.99. The van der Waals surface area contributed by atoms with Gasteiger partial charge in [-0.15, -0.1) is 0 Å². The zero-order valence-corrected chi connectivity index (χ0v) is 7.27. The van der Waals surface area contributed by atoms with E-state index in [2.05, 4.69) is 0 Å². The van der Waals surface area contributed by atoms with Crippen LogP contribution in [-0.2, 0) is 0 Å². The summed E-state index contributed by atoms with van der Waals surface area (Å²) in [4.78, 5) is 10.9. The molecule has 0 unspecified atom stereocenters. The Balaban J connectivity index is 0.00000112. The Kier molecular flexibility index (Phi) is 3.74. The molecule has 15 heavy (non-hydrogen) atoms. The molecule has 4 heteroatoms. The molecule has 0 atom stereocenters. The number of aromatic hydroxyl groups is 1. The van der Waals surface area contributed by atoms with E-state index in [1.54, 1.807) is 24.3 Å². The van der Waals surface area contributed by atoms with Gasteiger partial charge in [0.05, 0.1) is 5.56 Å². The van der Waals surface area contributed by atoms with Gasteiger partial charge in [0.2, 0.25) is 0 Å². The van der Waals surface area contributed by atoms with Crippen LogP contribution in [0.4, 0.5) is 0 Å². The van der Waals surface area contributed by atoms with Gasteiger partial charge < -0.3 is 10.2 Å². The normalized spacial score (nSPS) is 9.60. The summed E-state index contributed by atoms with van der Waals surface area (Å²) in [5.41, 5.74) is 0.126. The van der Waals surface area contributed by atoms with Crippen LogP contribution in [-0.4, -0.2) is 45.7 Å². The topological polar surface area (TPSA) is 57.5 Å². The van der Waals surface area contributed by atoms with Crippen molar-refractivity contribution in [3.63, 3.8) is 0 Å². The maximum absolute atomic E-state index is 10.9. The van der Waals surface area contributed by atoms with Gasteiger partial charge in [-0.2, -0.15) is 0 Å². The van der Waals surface area contributed by atoms with Crippen molar-refractivity contribution in [2.75, 3.05) is 0 Å². The Bertz CT molecular complexity index is 503. The minimum atomic E-state index is -1.03. The maximum atomic E-state index is 10.9. The zero-order chi connectivity index (χ0) is 10.1. The van der Waals surface area contributed by atoms with Gasteiger partial charge in [-0.1, -0.05) is 24.3 Å². The number of hydrogen-bond acceptors (Lipinski definition) is 2. The molecule has 72 valence electrons. The number of carbonyl (C=O) groups is 1. The van der Waals surface area contributed by atoms with Gasteiger partial charge in [-0.3, -0.25) is 0 Å². The number of hydrogen-bond donors (Lipinski definition) is 2. The molecule has 0 spiro atoms. The van der Waals surface area contributed by atoms with E-state index in [9.17, 15) is 9.90 Å². The van der Waals surface area contributed by atoms with Gasteiger partial charge in [0, 0.05) is 5.39 Å². The second-order valence-electron chi connectivity index (χ2n) is 2.99. The third kappa shape index (κ3) is 2.15. The van der Waals surface area contributed by atoms with E-state index < -0.39 is 5.97 Å². The van der Waals surface area contributed by atoms with Gasteiger partial charge in [-0.05, 0) is 17.5 Å². The Morgan fingerprint density at radius 2 is 1.67 bits per heavy atom. The number of rotatable bonds is 1. The van der Waals surface area contributed by atoms with Gasteiger partial charge >= 0.3 is 35.5 Å². The quantitative estimate of drug-likeness (QED) is 0.706. The third-order valence-corrected chi connectivity index (χ3v) is 2.11. The summed E-state index contributed by atoms with van der Waals surface area (Å²) in [5, 5.41) is 19.6.